The van der Waals surface area contributed by atoms with Crippen LogP contribution in [-0.2, 0) is 19.6 Å². The summed E-state index contributed by atoms with van der Waals surface area (Å²) >= 11 is 0. The molecule has 0 saturated heterocycles. The summed E-state index contributed by atoms with van der Waals surface area (Å²) in [5, 5.41) is 2.21. The number of hydrogen-bond donors (Lipinski definition) is 2. The molecule has 1 fully saturated rings. The molecule has 0 aromatic heterocycles. The van der Waals surface area contributed by atoms with Gasteiger partial charge in [-0.2, -0.15) is 0 Å². The van der Waals surface area contributed by atoms with Gasteiger partial charge in [0.2, 0.25) is 10.0 Å². The second kappa shape index (κ2) is 8.73. The van der Waals surface area contributed by atoms with E-state index < -0.39 is 27.2 Å². The summed E-state index contributed by atoms with van der Waals surface area (Å²) in [5.74, 6) is -0.950. The fraction of sp³-hybridized carbons (Fsp3) is 0.909. The molecule has 19 heavy (non-hydrogen) atoms. The van der Waals surface area contributed by atoms with Gasteiger partial charge in [0.25, 0.3) is 0 Å². The Morgan fingerprint density at radius 1 is 1.26 bits per heavy atom. The zero-order valence-electron chi connectivity index (χ0n) is 11.3. The number of methoxy groups -OCH3 is 1. The van der Waals surface area contributed by atoms with Crippen LogP contribution in [0, 0.1) is 5.92 Å². The van der Waals surface area contributed by atoms with Gasteiger partial charge in [-0.1, -0.05) is 12.8 Å². The number of carbonyl (C=O) groups is 1. The first-order valence-corrected chi connectivity index (χ1v) is 7.78. The molecule has 1 aliphatic carbocycles. The van der Waals surface area contributed by atoms with E-state index in [9.17, 15) is 13.2 Å². The molecular formula is C11H23ClN2O4S. The molecule has 0 bridgehead atoms. The second-order valence-corrected chi connectivity index (χ2v) is 6.48. The molecule has 6 nitrogen and oxygen atoms in total. The molecule has 1 rings (SSSR count). The summed E-state index contributed by atoms with van der Waals surface area (Å²) in [6, 6.07) is 0. The van der Waals surface area contributed by atoms with E-state index in [1.165, 1.54) is 7.11 Å². The van der Waals surface area contributed by atoms with Gasteiger partial charge in [0.15, 0.2) is 0 Å². The number of sulfonamides is 1. The molecule has 0 aromatic rings. The molecular weight excluding hydrogens is 292 g/mol. The SMILES string of the molecule is CNCCNS(=O)(=O)C1CCCCC1C(=O)OC.Cl. The van der Waals surface area contributed by atoms with Crippen molar-refractivity contribution in [2.24, 2.45) is 5.92 Å². The third-order valence-corrected chi connectivity index (χ3v) is 5.25. The van der Waals surface area contributed by atoms with Crippen molar-refractivity contribution in [2.75, 3.05) is 27.2 Å². The van der Waals surface area contributed by atoms with Crippen LogP contribution in [0.1, 0.15) is 25.7 Å². The minimum absolute atomic E-state index is 0. The molecule has 0 aliphatic heterocycles. The van der Waals surface area contributed by atoms with Crippen molar-refractivity contribution >= 4 is 28.4 Å². The van der Waals surface area contributed by atoms with Crippen LogP contribution >= 0.6 is 12.4 Å². The minimum atomic E-state index is -3.45. The van der Waals surface area contributed by atoms with Gasteiger partial charge in [-0.15, -0.1) is 12.4 Å². The number of halogens is 1. The van der Waals surface area contributed by atoms with Gasteiger partial charge in [0.1, 0.15) is 0 Å². The van der Waals surface area contributed by atoms with Crippen molar-refractivity contribution in [1.82, 2.24) is 10.0 Å². The van der Waals surface area contributed by atoms with Crippen molar-refractivity contribution in [1.29, 1.82) is 0 Å². The van der Waals surface area contributed by atoms with E-state index in [0.717, 1.165) is 12.8 Å². The first-order valence-electron chi connectivity index (χ1n) is 6.24. The fourth-order valence-electron chi connectivity index (χ4n) is 2.31. The van der Waals surface area contributed by atoms with Gasteiger partial charge in [0, 0.05) is 13.1 Å². The van der Waals surface area contributed by atoms with E-state index in [2.05, 4.69) is 10.0 Å². The van der Waals surface area contributed by atoms with Crippen LogP contribution in [0.25, 0.3) is 0 Å². The van der Waals surface area contributed by atoms with Gasteiger partial charge in [0.05, 0.1) is 18.3 Å². The summed E-state index contributed by atoms with van der Waals surface area (Å²) in [6.45, 7) is 0.901. The van der Waals surface area contributed by atoms with Crippen LogP contribution in [0.3, 0.4) is 0 Å². The maximum absolute atomic E-state index is 12.1. The maximum atomic E-state index is 12.1. The Morgan fingerprint density at radius 3 is 2.47 bits per heavy atom. The quantitative estimate of drug-likeness (QED) is 0.543. The van der Waals surface area contributed by atoms with Crippen LogP contribution in [0.15, 0.2) is 0 Å². The lowest BCUT2D eigenvalue weighted by molar-refractivity contribution is -0.146. The van der Waals surface area contributed by atoms with Crippen LogP contribution < -0.4 is 10.0 Å². The predicted molar refractivity (Wildman–Crippen MR) is 75.9 cm³/mol. The van der Waals surface area contributed by atoms with Crippen LogP contribution in [0.2, 0.25) is 0 Å². The summed E-state index contributed by atoms with van der Waals surface area (Å²) in [5.41, 5.74) is 0. The highest BCUT2D eigenvalue weighted by Gasteiger charge is 2.39. The Kier molecular flexibility index (Phi) is 8.56. The number of nitrogens with one attached hydrogen (secondary N) is 2. The van der Waals surface area contributed by atoms with Crippen molar-refractivity contribution < 1.29 is 17.9 Å². The molecule has 0 aromatic carbocycles. The Bertz CT molecular complexity index is 375. The summed E-state index contributed by atoms with van der Waals surface area (Å²) in [6.07, 6.45) is 2.83. The van der Waals surface area contributed by atoms with Gasteiger partial charge in [-0.05, 0) is 19.9 Å². The molecule has 114 valence electrons. The van der Waals surface area contributed by atoms with E-state index in [1.807, 2.05) is 0 Å². The zero-order valence-corrected chi connectivity index (χ0v) is 13.0. The lowest BCUT2D eigenvalue weighted by Crippen LogP contribution is -2.45. The highest BCUT2D eigenvalue weighted by atomic mass is 35.5. The molecule has 1 aliphatic rings. The monoisotopic (exact) mass is 314 g/mol. The van der Waals surface area contributed by atoms with E-state index in [0.29, 0.717) is 25.9 Å². The standard InChI is InChI=1S/C11H22N2O4S.ClH/c1-12-7-8-13-18(15,16)10-6-4-3-5-9(10)11(14)17-2;/h9-10,12-13H,3-8H2,1-2H3;1H. The molecule has 2 unspecified atom stereocenters. The summed E-state index contributed by atoms with van der Waals surface area (Å²) in [4.78, 5) is 11.6. The Morgan fingerprint density at radius 2 is 1.89 bits per heavy atom. The molecule has 0 radical (unpaired) electrons. The molecule has 1 saturated carbocycles. The highest BCUT2D eigenvalue weighted by Crippen LogP contribution is 2.30. The number of esters is 1. The van der Waals surface area contributed by atoms with Gasteiger partial charge in [-0.25, -0.2) is 13.1 Å². The average molecular weight is 315 g/mol. The Balaban J connectivity index is 0.00000324. The third-order valence-electron chi connectivity index (χ3n) is 3.28. The van der Waals surface area contributed by atoms with E-state index in [-0.39, 0.29) is 12.4 Å². The van der Waals surface area contributed by atoms with E-state index in [1.54, 1.807) is 7.05 Å². The predicted octanol–water partition coefficient (Wildman–Crippen LogP) is 0.279. The van der Waals surface area contributed by atoms with Crippen LogP contribution in [-0.4, -0.2) is 46.9 Å². The van der Waals surface area contributed by atoms with Crippen LogP contribution in [0.4, 0.5) is 0 Å². The van der Waals surface area contributed by atoms with Crippen molar-refractivity contribution in [3.63, 3.8) is 0 Å². The zero-order chi connectivity index (χ0) is 13.6. The van der Waals surface area contributed by atoms with Gasteiger partial charge < -0.3 is 10.1 Å². The van der Waals surface area contributed by atoms with E-state index in [4.69, 9.17) is 4.74 Å². The van der Waals surface area contributed by atoms with Crippen molar-refractivity contribution in [3.05, 3.63) is 0 Å². The smallest absolute Gasteiger partial charge is 0.310 e. The molecule has 0 spiro atoms. The van der Waals surface area contributed by atoms with Gasteiger partial charge in [-0.3, -0.25) is 4.79 Å². The van der Waals surface area contributed by atoms with Crippen molar-refractivity contribution in [2.45, 2.75) is 30.9 Å². The largest absolute Gasteiger partial charge is 0.469 e. The first-order chi connectivity index (χ1) is 8.53. The normalized spacial score (nSPS) is 23.5. The summed E-state index contributed by atoms with van der Waals surface area (Å²) in [7, 11) is -0.394. The fourth-order valence-corrected chi connectivity index (χ4v) is 4.07. The van der Waals surface area contributed by atoms with Gasteiger partial charge >= 0.3 is 5.97 Å². The van der Waals surface area contributed by atoms with Crippen molar-refractivity contribution in [3.8, 4) is 0 Å². The number of likely N-dealkylation sites (N-methyl/N-ethyl adjacent to an activating group) is 1. The third kappa shape index (κ3) is 5.25. The number of rotatable bonds is 6. The molecule has 2 N–H and O–H groups in total. The van der Waals surface area contributed by atoms with E-state index >= 15 is 0 Å². The maximum Gasteiger partial charge on any atom is 0.310 e. The molecule has 8 heteroatoms. The lowest BCUT2D eigenvalue weighted by Gasteiger charge is -2.29. The lowest BCUT2D eigenvalue weighted by atomic mass is 9.89. The molecule has 2 atom stereocenters. The molecule has 0 heterocycles. The number of ether oxygens (including phenoxy) is 1. The number of hydrogen-bond acceptors (Lipinski definition) is 5. The van der Waals surface area contributed by atoms with Crippen LogP contribution in [0.5, 0.6) is 0 Å². The first kappa shape index (κ1) is 18.6. The number of carbonyl (C=O) groups excluding carboxylic acids is 1. The average Bonchev–Trinajstić information content (AvgIpc) is 2.38. The Hall–Kier alpha value is -0.370. The molecule has 0 amide bonds. The highest BCUT2D eigenvalue weighted by molar-refractivity contribution is 7.90. The minimum Gasteiger partial charge on any atom is -0.469 e. The Labute approximate surface area is 121 Å². The second-order valence-electron chi connectivity index (χ2n) is 4.50. The topological polar surface area (TPSA) is 84.5 Å². The summed E-state index contributed by atoms with van der Waals surface area (Å²) < 4.78 is 31.5.